The molecule has 1 saturated heterocycles. The minimum absolute atomic E-state index is 0.144. The molecule has 1 aliphatic rings. The van der Waals surface area contributed by atoms with Crippen LogP contribution in [0.25, 0.3) is 0 Å². The summed E-state index contributed by atoms with van der Waals surface area (Å²) in [4.78, 5) is 33.2. The number of aryl methyl sites for hydroxylation is 1. The number of aromatic nitrogens is 2. The predicted molar refractivity (Wildman–Crippen MR) is 74.0 cm³/mol. The molecule has 7 heteroatoms. The standard InChI is InChI=1S/C12H16N4O2S/c1-3-13-9-6-8(2)14-10(15-9)7-16-11(17)4-5-19-12(16)18/h6H,3-5,7H2,1-2H3,(H,13,14,15). The molecule has 1 aromatic rings. The molecular formula is C12H16N4O2S. The van der Waals surface area contributed by atoms with Crippen molar-refractivity contribution in [2.24, 2.45) is 0 Å². The van der Waals surface area contributed by atoms with Crippen molar-refractivity contribution >= 4 is 28.7 Å². The molecule has 2 heterocycles. The monoisotopic (exact) mass is 280 g/mol. The van der Waals surface area contributed by atoms with Gasteiger partial charge in [0.2, 0.25) is 5.91 Å². The second-order valence-electron chi connectivity index (χ2n) is 4.19. The first-order valence-corrected chi connectivity index (χ1v) is 7.14. The lowest BCUT2D eigenvalue weighted by Gasteiger charge is -2.23. The Morgan fingerprint density at radius 2 is 2.21 bits per heavy atom. The minimum Gasteiger partial charge on any atom is -0.370 e. The Morgan fingerprint density at radius 1 is 1.42 bits per heavy atom. The van der Waals surface area contributed by atoms with Gasteiger partial charge < -0.3 is 5.32 Å². The number of imide groups is 1. The van der Waals surface area contributed by atoms with Gasteiger partial charge in [0.25, 0.3) is 5.24 Å². The van der Waals surface area contributed by atoms with E-state index in [0.29, 0.717) is 18.0 Å². The second-order valence-corrected chi connectivity index (χ2v) is 5.23. The van der Waals surface area contributed by atoms with Gasteiger partial charge in [0, 0.05) is 30.5 Å². The van der Waals surface area contributed by atoms with Crippen LogP contribution < -0.4 is 5.32 Å². The van der Waals surface area contributed by atoms with Gasteiger partial charge in [0.15, 0.2) is 5.82 Å². The van der Waals surface area contributed by atoms with Gasteiger partial charge in [0.05, 0.1) is 6.54 Å². The summed E-state index contributed by atoms with van der Waals surface area (Å²) in [6, 6.07) is 1.83. The summed E-state index contributed by atoms with van der Waals surface area (Å²) in [7, 11) is 0. The van der Waals surface area contributed by atoms with Crippen LogP contribution in [0.2, 0.25) is 0 Å². The van der Waals surface area contributed by atoms with Crippen LogP contribution >= 0.6 is 11.8 Å². The van der Waals surface area contributed by atoms with Crippen molar-refractivity contribution in [1.29, 1.82) is 0 Å². The first kappa shape index (κ1) is 13.8. The van der Waals surface area contributed by atoms with Gasteiger partial charge in [-0.15, -0.1) is 0 Å². The second kappa shape index (κ2) is 6.01. The first-order chi connectivity index (χ1) is 9.10. The third-order valence-corrected chi connectivity index (χ3v) is 3.50. The van der Waals surface area contributed by atoms with Crippen LogP contribution in [0.3, 0.4) is 0 Å². The fourth-order valence-electron chi connectivity index (χ4n) is 1.81. The molecule has 0 atom stereocenters. The summed E-state index contributed by atoms with van der Waals surface area (Å²) in [6.45, 7) is 4.74. The highest BCUT2D eigenvalue weighted by atomic mass is 32.2. The molecule has 1 aromatic heterocycles. The van der Waals surface area contributed by atoms with Gasteiger partial charge in [-0.1, -0.05) is 11.8 Å². The molecule has 0 saturated carbocycles. The van der Waals surface area contributed by atoms with Gasteiger partial charge in [0.1, 0.15) is 5.82 Å². The van der Waals surface area contributed by atoms with E-state index in [0.717, 1.165) is 29.8 Å². The van der Waals surface area contributed by atoms with E-state index in [1.54, 1.807) is 0 Å². The molecule has 0 radical (unpaired) electrons. The number of rotatable bonds is 4. The highest BCUT2D eigenvalue weighted by Crippen LogP contribution is 2.20. The van der Waals surface area contributed by atoms with Crippen LogP contribution in [0.5, 0.6) is 0 Å². The van der Waals surface area contributed by atoms with E-state index in [2.05, 4.69) is 15.3 Å². The molecule has 1 aliphatic heterocycles. The minimum atomic E-state index is -0.216. The Morgan fingerprint density at radius 3 is 2.89 bits per heavy atom. The Bertz CT molecular complexity index is 491. The molecule has 0 aromatic carbocycles. The van der Waals surface area contributed by atoms with Crippen molar-refractivity contribution in [1.82, 2.24) is 14.9 Å². The molecule has 0 bridgehead atoms. The number of carbonyl (C=O) groups excluding carboxylic acids is 2. The molecule has 0 spiro atoms. The molecule has 2 rings (SSSR count). The van der Waals surface area contributed by atoms with E-state index >= 15 is 0 Å². The van der Waals surface area contributed by atoms with E-state index in [1.165, 1.54) is 4.90 Å². The topological polar surface area (TPSA) is 75.2 Å². The van der Waals surface area contributed by atoms with E-state index in [4.69, 9.17) is 0 Å². The lowest BCUT2D eigenvalue weighted by Crippen LogP contribution is -2.38. The molecular weight excluding hydrogens is 264 g/mol. The molecule has 1 fully saturated rings. The molecule has 0 aliphatic carbocycles. The van der Waals surface area contributed by atoms with E-state index in [-0.39, 0.29) is 17.7 Å². The van der Waals surface area contributed by atoms with Crippen molar-refractivity contribution < 1.29 is 9.59 Å². The van der Waals surface area contributed by atoms with E-state index in [1.807, 2.05) is 19.9 Å². The van der Waals surface area contributed by atoms with Crippen molar-refractivity contribution in [2.75, 3.05) is 17.6 Å². The van der Waals surface area contributed by atoms with Crippen LogP contribution in [-0.2, 0) is 11.3 Å². The van der Waals surface area contributed by atoms with Gasteiger partial charge in [-0.3, -0.25) is 14.5 Å². The zero-order chi connectivity index (χ0) is 13.8. The van der Waals surface area contributed by atoms with Crippen molar-refractivity contribution in [3.05, 3.63) is 17.6 Å². The molecule has 102 valence electrons. The van der Waals surface area contributed by atoms with E-state index < -0.39 is 0 Å². The third kappa shape index (κ3) is 3.44. The molecule has 2 amide bonds. The largest absolute Gasteiger partial charge is 0.370 e. The summed E-state index contributed by atoms with van der Waals surface area (Å²) >= 11 is 1.16. The van der Waals surface area contributed by atoms with Crippen LogP contribution in [-0.4, -0.2) is 38.3 Å². The summed E-state index contributed by atoms with van der Waals surface area (Å²) in [5.74, 6) is 1.61. The van der Waals surface area contributed by atoms with Crippen molar-refractivity contribution in [3.63, 3.8) is 0 Å². The molecule has 0 unspecified atom stereocenters. The number of nitrogens with zero attached hydrogens (tertiary/aromatic N) is 3. The summed E-state index contributed by atoms with van der Waals surface area (Å²) in [6.07, 6.45) is 0.391. The summed E-state index contributed by atoms with van der Waals surface area (Å²) in [5.41, 5.74) is 0.811. The highest BCUT2D eigenvalue weighted by Gasteiger charge is 2.27. The number of amides is 2. The molecule has 6 nitrogen and oxygen atoms in total. The highest BCUT2D eigenvalue weighted by molar-refractivity contribution is 8.13. The Kier molecular flexibility index (Phi) is 4.36. The smallest absolute Gasteiger partial charge is 0.288 e. The Labute approximate surface area is 116 Å². The number of hydrogen-bond acceptors (Lipinski definition) is 6. The predicted octanol–water partition coefficient (Wildman–Crippen LogP) is 1.80. The Balaban J connectivity index is 2.17. The number of hydrogen-bond donors (Lipinski definition) is 1. The SMILES string of the molecule is CCNc1cc(C)nc(CN2C(=O)CCSC2=O)n1. The normalized spacial score (nSPS) is 15.8. The van der Waals surface area contributed by atoms with Crippen LogP contribution in [0.15, 0.2) is 6.07 Å². The fourth-order valence-corrected chi connectivity index (χ4v) is 2.58. The maximum atomic E-state index is 11.7. The lowest BCUT2D eigenvalue weighted by molar-refractivity contribution is -0.128. The number of thioether (sulfide) groups is 1. The van der Waals surface area contributed by atoms with Crippen molar-refractivity contribution in [2.45, 2.75) is 26.8 Å². The van der Waals surface area contributed by atoms with E-state index in [9.17, 15) is 9.59 Å². The number of anilines is 1. The summed E-state index contributed by atoms with van der Waals surface area (Å²) < 4.78 is 0. The maximum Gasteiger partial charge on any atom is 0.288 e. The lowest BCUT2D eigenvalue weighted by atomic mass is 10.3. The van der Waals surface area contributed by atoms with Crippen molar-refractivity contribution in [3.8, 4) is 0 Å². The zero-order valence-corrected chi connectivity index (χ0v) is 11.8. The maximum absolute atomic E-state index is 11.7. The average molecular weight is 280 g/mol. The summed E-state index contributed by atoms with van der Waals surface area (Å²) in [5, 5.41) is 2.89. The van der Waals surface area contributed by atoms with Crippen LogP contribution in [0, 0.1) is 6.92 Å². The third-order valence-electron chi connectivity index (χ3n) is 2.62. The average Bonchev–Trinajstić information content (AvgIpc) is 2.34. The fraction of sp³-hybridized carbons (Fsp3) is 0.500. The van der Waals surface area contributed by atoms with Crippen LogP contribution in [0.1, 0.15) is 24.9 Å². The van der Waals surface area contributed by atoms with Gasteiger partial charge >= 0.3 is 0 Å². The first-order valence-electron chi connectivity index (χ1n) is 6.15. The number of carbonyl (C=O) groups is 2. The Hall–Kier alpha value is -1.63. The molecule has 19 heavy (non-hydrogen) atoms. The number of nitrogens with one attached hydrogen (secondary N) is 1. The van der Waals surface area contributed by atoms with Gasteiger partial charge in [-0.05, 0) is 13.8 Å². The van der Waals surface area contributed by atoms with Gasteiger partial charge in [-0.2, -0.15) is 0 Å². The molecule has 1 N–H and O–H groups in total. The zero-order valence-electron chi connectivity index (χ0n) is 11.0. The van der Waals surface area contributed by atoms with Crippen LogP contribution in [0.4, 0.5) is 10.6 Å². The quantitative estimate of drug-likeness (QED) is 0.906. The van der Waals surface area contributed by atoms with Gasteiger partial charge in [-0.25, -0.2) is 9.97 Å².